The average molecular weight is 284 g/mol. The number of rotatable bonds is 0. The summed E-state index contributed by atoms with van der Waals surface area (Å²) in [6.07, 6.45) is 5.90. The van der Waals surface area contributed by atoms with Crippen LogP contribution in [0.2, 0.25) is 0 Å². The molecule has 1 fully saturated rings. The highest BCUT2D eigenvalue weighted by atomic mass is 16.5. The van der Waals surface area contributed by atoms with Crippen LogP contribution in [-0.2, 0) is 16.6 Å². The fourth-order valence-electron chi connectivity index (χ4n) is 5.22. The van der Waals surface area contributed by atoms with Gasteiger partial charge in [0.05, 0.1) is 5.41 Å². The van der Waals surface area contributed by atoms with E-state index in [1.165, 1.54) is 6.08 Å². The topological polar surface area (TPSA) is 66.8 Å². The first-order valence-electron chi connectivity index (χ1n) is 7.55. The van der Waals surface area contributed by atoms with Crippen LogP contribution in [0.15, 0.2) is 24.3 Å². The molecule has 1 unspecified atom stereocenters. The van der Waals surface area contributed by atoms with Gasteiger partial charge < -0.3 is 14.9 Å². The Bertz CT molecular complexity index is 722. The van der Waals surface area contributed by atoms with Gasteiger partial charge in [-0.1, -0.05) is 12.5 Å². The highest BCUT2D eigenvalue weighted by molar-refractivity contribution is 5.98. The molecule has 108 valence electrons. The second-order valence-electron chi connectivity index (χ2n) is 6.77. The highest BCUT2D eigenvalue weighted by Gasteiger charge is 2.70. The molecule has 1 saturated carbocycles. The van der Waals surface area contributed by atoms with Gasteiger partial charge in [-0.25, -0.2) is 0 Å². The lowest BCUT2D eigenvalue weighted by Gasteiger charge is -2.57. The summed E-state index contributed by atoms with van der Waals surface area (Å²) in [5, 5.41) is 21.6. The molecule has 0 aromatic heterocycles. The van der Waals surface area contributed by atoms with E-state index in [1.807, 2.05) is 6.07 Å². The summed E-state index contributed by atoms with van der Waals surface area (Å²) >= 11 is 0. The Balaban J connectivity index is 1.93. The summed E-state index contributed by atoms with van der Waals surface area (Å²) in [6, 6.07) is 3.56. The molecule has 1 spiro atoms. The van der Waals surface area contributed by atoms with Crippen molar-refractivity contribution >= 4 is 5.78 Å². The Labute approximate surface area is 122 Å². The van der Waals surface area contributed by atoms with E-state index in [1.54, 1.807) is 12.1 Å². The average Bonchev–Trinajstić information content (AvgIpc) is 2.80. The SMILES string of the molecule is O=C1C=CC2(O)[C@@H]3CCC[C@@]24c2c(ccc(O)c2O[C@@H]14)C3. The van der Waals surface area contributed by atoms with Crippen LogP contribution in [0.3, 0.4) is 0 Å². The zero-order chi connectivity index (χ0) is 14.4. The first-order chi connectivity index (χ1) is 10.1. The monoisotopic (exact) mass is 284 g/mol. The molecule has 0 saturated heterocycles. The first-order valence-corrected chi connectivity index (χ1v) is 7.55. The van der Waals surface area contributed by atoms with Gasteiger partial charge >= 0.3 is 0 Å². The number of phenols is 1. The molecule has 5 rings (SSSR count). The van der Waals surface area contributed by atoms with Crippen LogP contribution in [0.25, 0.3) is 0 Å². The van der Waals surface area contributed by atoms with Gasteiger partial charge in [0.2, 0.25) is 0 Å². The van der Waals surface area contributed by atoms with Crippen LogP contribution >= 0.6 is 0 Å². The zero-order valence-corrected chi connectivity index (χ0v) is 11.5. The van der Waals surface area contributed by atoms with Crippen LogP contribution in [-0.4, -0.2) is 27.7 Å². The highest BCUT2D eigenvalue weighted by Crippen LogP contribution is 2.65. The molecule has 4 heteroatoms. The Hall–Kier alpha value is -1.81. The number of aromatic hydroxyl groups is 1. The van der Waals surface area contributed by atoms with Gasteiger partial charge in [0.15, 0.2) is 23.4 Å². The maximum Gasteiger partial charge on any atom is 0.196 e. The van der Waals surface area contributed by atoms with Gasteiger partial charge in [-0.3, -0.25) is 4.79 Å². The van der Waals surface area contributed by atoms with E-state index in [4.69, 9.17) is 4.74 Å². The maximum absolute atomic E-state index is 12.4. The second-order valence-corrected chi connectivity index (χ2v) is 6.77. The van der Waals surface area contributed by atoms with Gasteiger partial charge in [0.25, 0.3) is 0 Å². The van der Waals surface area contributed by atoms with E-state index in [0.717, 1.165) is 36.8 Å². The van der Waals surface area contributed by atoms with Crippen molar-refractivity contribution in [3.05, 3.63) is 35.4 Å². The summed E-state index contributed by atoms with van der Waals surface area (Å²) in [6.45, 7) is 0. The fourth-order valence-corrected chi connectivity index (χ4v) is 5.22. The number of ketones is 1. The normalized spacial score (nSPS) is 41.7. The smallest absolute Gasteiger partial charge is 0.196 e. The summed E-state index contributed by atoms with van der Waals surface area (Å²) in [5.74, 6) is 0.485. The molecule has 1 heterocycles. The van der Waals surface area contributed by atoms with E-state index in [9.17, 15) is 15.0 Å². The molecule has 0 radical (unpaired) electrons. The molecule has 0 amide bonds. The molecule has 1 aromatic carbocycles. The van der Waals surface area contributed by atoms with Crippen molar-refractivity contribution in [1.82, 2.24) is 0 Å². The molecule has 4 atom stereocenters. The Morgan fingerprint density at radius 2 is 2.19 bits per heavy atom. The van der Waals surface area contributed by atoms with E-state index in [0.29, 0.717) is 5.75 Å². The molecule has 4 nitrogen and oxygen atoms in total. The van der Waals surface area contributed by atoms with Crippen molar-refractivity contribution in [3.63, 3.8) is 0 Å². The molecule has 1 aromatic rings. The third-order valence-corrected chi connectivity index (χ3v) is 6.04. The molecular formula is C17H16O4. The minimum Gasteiger partial charge on any atom is -0.504 e. The zero-order valence-electron chi connectivity index (χ0n) is 11.5. The quantitative estimate of drug-likeness (QED) is 0.759. The predicted octanol–water partition coefficient (Wildman–Crippen LogP) is 1.62. The van der Waals surface area contributed by atoms with E-state index in [-0.39, 0.29) is 17.5 Å². The maximum atomic E-state index is 12.4. The number of carbonyl (C=O) groups excluding carboxylic acids is 1. The summed E-state index contributed by atoms with van der Waals surface area (Å²) in [4.78, 5) is 12.4. The van der Waals surface area contributed by atoms with Crippen molar-refractivity contribution in [1.29, 1.82) is 0 Å². The standard InChI is InChI=1S/C17H16O4/c18-11-4-3-9-8-10-2-1-6-16-13(9)14(11)21-15(16)12(19)5-7-17(10,16)20/h3-5,7,10,15,18,20H,1-2,6,8H2/t10-,15+,16+,17?/m1/s1. The molecule has 3 aliphatic carbocycles. The van der Waals surface area contributed by atoms with Crippen molar-refractivity contribution in [2.75, 3.05) is 0 Å². The molecule has 21 heavy (non-hydrogen) atoms. The van der Waals surface area contributed by atoms with Crippen LogP contribution < -0.4 is 4.74 Å². The lowest BCUT2D eigenvalue weighted by molar-refractivity contribution is -0.144. The summed E-state index contributed by atoms with van der Waals surface area (Å²) in [7, 11) is 0. The molecular weight excluding hydrogens is 268 g/mol. The van der Waals surface area contributed by atoms with Gasteiger partial charge in [-0.05, 0) is 49.0 Å². The van der Waals surface area contributed by atoms with Gasteiger partial charge in [0.1, 0.15) is 5.60 Å². The predicted molar refractivity (Wildman–Crippen MR) is 74.3 cm³/mol. The number of aliphatic hydroxyl groups is 1. The minimum atomic E-state index is -1.03. The lowest BCUT2D eigenvalue weighted by atomic mass is 9.47. The molecule has 2 bridgehead atoms. The lowest BCUT2D eigenvalue weighted by Crippen LogP contribution is -2.68. The minimum absolute atomic E-state index is 0.0664. The van der Waals surface area contributed by atoms with Crippen molar-refractivity contribution in [3.8, 4) is 11.5 Å². The molecule has 1 aliphatic heterocycles. The number of benzene rings is 1. The number of hydrogen-bond donors (Lipinski definition) is 2. The van der Waals surface area contributed by atoms with Crippen LogP contribution in [0.5, 0.6) is 11.5 Å². The van der Waals surface area contributed by atoms with E-state index < -0.39 is 17.1 Å². The van der Waals surface area contributed by atoms with Crippen LogP contribution in [0.4, 0.5) is 0 Å². The molecule has 4 aliphatic rings. The largest absolute Gasteiger partial charge is 0.504 e. The number of phenolic OH excluding ortho intramolecular Hbond substituents is 1. The van der Waals surface area contributed by atoms with Gasteiger partial charge in [0, 0.05) is 5.56 Å². The van der Waals surface area contributed by atoms with Crippen molar-refractivity contribution in [2.24, 2.45) is 5.92 Å². The Morgan fingerprint density at radius 3 is 3.05 bits per heavy atom. The summed E-state index contributed by atoms with van der Waals surface area (Å²) in [5.41, 5.74) is 0.255. The van der Waals surface area contributed by atoms with Crippen LogP contribution in [0.1, 0.15) is 30.4 Å². The van der Waals surface area contributed by atoms with Crippen molar-refractivity contribution in [2.45, 2.75) is 42.8 Å². The van der Waals surface area contributed by atoms with Crippen LogP contribution in [0, 0.1) is 5.92 Å². The molecule has 2 N–H and O–H groups in total. The number of ether oxygens (including phenoxy) is 1. The van der Waals surface area contributed by atoms with Crippen molar-refractivity contribution < 1.29 is 19.7 Å². The fraction of sp³-hybridized carbons (Fsp3) is 0.471. The third kappa shape index (κ3) is 1.06. The van der Waals surface area contributed by atoms with Gasteiger partial charge in [-0.15, -0.1) is 0 Å². The second kappa shape index (κ2) is 3.33. The number of hydrogen-bond acceptors (Lipinski definition) is 4. The Kier molecular flexibility index (Phi) is 1.87. The number of carbonyl (C=O) groups is 1. The first kappa shape index (κ1) is 11.8. The van der Waals surface area contributed by atoms with Gasteiger partial charge in [-0.2, -0.15) is 0 Å². The van der Waals surface area contributed by atoms with E-state index >= 15 is 0 Å². The third-order valence-electron chi connectivity index (χ3n) is 6.04. The van der Waals surface area contributed by atoms with E-state index in [2.05, 4.69) is 0 Å². The summed E-state index contributed by atoms with van der Waals surface area (Å²) < 4.78 is 5.88. The Morgan fingerprint density at radius 1 is 1.33 bits per heavy atom.